The van der Waals surface area contributed by atoms with E-state index in [1.165, 1.54) is 25.9 Å². The Morgan fingerprint density at radius 2 is 1.41 bits per heavy atom. The second kappa shape index (κ2) is 12.5. The Labute approximate surface area is 206 Å². The molecule has 0 heterocycles. The highest BCUT2D eigenvalue weighted by molar-refractivity contribution is 7.89. The lowest BCUT2D eigenvalue weighted by Crippen LogP contribution is -3.12. The molecule has 0 bridgehead atoms. The van der Waals surface area contributed by atoms with E-state index >= 15 is 0 Å². The van der Waals surface area contributed by atoms with Crippen LogP contribution >= 0.6 is 0 Å². The third-order valence-corrected chi connectivity index (χ3v) is 8.24. The molecule has 1 N–H and O–H groups in total. The molecule has 34 heavy (non-hydrogen) atoms. The maximum atomic E-state index is 13.8. The Hall–Kier alpha value is -2.21. The van der Waals surface area contributed by atoms with Crippen LogP contribution in [0, 0.1) is 13.8 Å². The normalized spacial score (nSPS) is 12.2. The maximum absolute atomic E-state index is 13.8. The lowest BCUT2D eigenvalue weighted by atomic mass is 10.1. The van der Waals surface area contributed by atoms with Gasteiger partial charge < -0.3 is 4.90 Å². The number of fused-ring (bicyclic) bond motifs is 1. The van der Waals surface area contributed by atoms with Gasteiger partial charge in [0.2, 0.25) is 10.0 Å². The van der Waals surface area contributed by atoms with Crippen molar-refractivity contribution < 1.29 is 13.3 Å². The highest BCUT2D eigenvalue weighted by Crippen LogP contribution is 2.24. The van der Waals surface area contributed by atoms with Crippen LogP contribution in [0.2, 0.25) is 0 Å². The lowest BCUT2D eigenvalue weighted by Gasteiger charge is -2.24. The Morgan fingerprint density at radius 3 is 2.06 bits per heavy atom. The second-order valence-electron chi connectivity index (χ2n) is 9.55. The number of unbranched alkanes of at least 4 members (excludes halogenated alkanes) is 1. The van der Waals surface area contributed by atoms with E-state index < -0.39 is 10.0 Å². The van der Waals surface area contributed by atoms with Crippen LogP contribution < -0.4 is 4.90 Å². The number of hydrogen-bond acceptors (Lipinski definition) is 2. The highest BCUT2D eigenvalue weighted by Gasteiger charge is 2.25. The number of hydrogen-bond donors (Lipinski definition) is 1. The fourth-order valence-electron chi connectivity index (χ4n) is 4.87. The number of nitrogens with zero attached hydrogens (tertiary/aromatic N) is 1. The van der Waals surface area contributed by atoms with Crippen LogP contribution in [0.1, 0.15) is 56.2 Å². The molecule has 5 heteroatoms. The molecular weight excluding hydrogens is 440 g/mol. The van der Waals surface area contributed by atoms with Gasteiger partial charge in [0, 0.05) is 13.1 Å². The zero-order valence-corrected chi connectivity index (χ0v) is 22.1. The van der Waals surface area contributed by atoms with Gasteiger partial charge in [-0.05, 0) is 68.0 Å². The molecule has 0 aromatic heterocycles. The smallest absolute Gasteiger partial charge is 0.243 e. The van der Waals surface area contributed by atoms with E-state index in [2.05, 4.69) is 45.9 Å². The molecule has 0 aliphatic rings. The first-order valence-corrected chi connectivity index (χ1v) is 14.2. The lowest BCUT2D eigenvalue weighted by molar-refractivity contribution is -0.900. The molecule has 3 aromatic carbocycles. The Morgan fingerprint density at radius 1 is 0.765 bits per heavy atom. The van der Waals surface area contributed by atoms with Gasteiger partial charge in [-0.1, -0.05) is 73.5 Å². The van der Waals surface area contributed by atoms with Crippen molar-refractivity contribution in [1.29, 1.82) is 0 Å². The van der Waals surface area contributed by atoms with E-state index in [1.54, 1.807) is 15.3 Å². The first-order chi connectivity index (χ1) is 16.3. The average molecular weight is 482 g/mol. The van der Waals surface area contributed by atoms with E-state index in [9.17, 15) is 8.42 Å². The Kier molecular flexibility index (Phi) is 9.69. The fourth-order valence-corrected chi connectivity index (χ4v) is 6.37. The molecule has 0 unspecified atom stereocenters. The molecular formula is C29H41N2O2S+. The van der Waals surface area contributed by atoms with Crippen LogP contribution in [0.4, 0.5) is 0 Å². The third-order valence-electron chi connectivity index (χ3n) is 6.39. The van der Waals surface area contributed by atoms with E-state index in [0.29, 0.717) is 18.0 Å². The fraction of sp³-hybridized carbons (Fsp3) is 0.448. The van der Waals surface area contributed by atoms with Gasteiger partial charge in [-0.25, -0.2) is 8.42 Å². The number of aryl methyl sites for hydroxylation is 2. The molecule has 0 amide bonds. The van der Waals surface area contributed by atoms with Crippen molar-refractivity contribution in [2.24, 2.45) is 0 Å². The first kappa shape index (κ1) is 26.4. The van der Waals surface area contributed by atoms with Crippen LogP contribution in [0.3, 0.4) is 0 Å². The molecule has 0 saturated heterocycles. The van der Waals surface area contributed by atoms with Gasteiger partial charge in [0.05, 0.1) is 24.5 Å². The van der Waals surface area contributed by atoms with Crippen LogP contribution in [0.5, 0.6) is 0 Å². The molecule has 184 valence electrons. The van der Waals surface area contributed by atoms with Gasteiger partial charge in [-0.15, -0.1) is 0 Å². The summed E-state index contributed by atoms with van der Waals surface area (Å²) >= 11 is 0. The maximum Gasteiger partial charge on any atom is 0.243 e. The summed E-state index contributed by atoms with van der Waals surface area (Å²) in [7, 11) is -3.61. The summed E-state index contributed by atoms with van der Waals surface area (Å²) in [4.78, 5) is 2.00. The predicted molar refractivity (Wildman–Crippen MR) is 143 cm³/mol. The SMILES string of the molecule is CCC[NH+](CCC)CCCCN(Cc1cc(C)cc(C)c1)S(=O)(=O)c1ccc2ccccc2c1. The second-order valence-corrected chi connectivity index (χ2v) is 11.5. The van der Waals surface area contributed by atoms with E-state index in [0.717, 1.165) is 46.8 Å². The van der Waals surface area contributed by atoms with Crippen LogP contribution in [-0.2, 0) is 16.6 Å². The monoisotopic (exact) mass is 481 g/mol. The summed E-state index contributed by atoms with van der Waals surface area (Å²) in [6, 6.07) is 19.7. The van der Waals surface area contributed by atoms with Gasteiger partial charge in [-0.3, -0.25) is 0 Å². The number of quaternary nitrogens is 1. The van der Waals surface area contributed by atoms with Crippen molar-refractivity contribution in [2.75, 3.05) is 26.2 Å². The summed E-state index contributed by atoms with van der Waals surface area (Å²) in [5, 5.41) is 2.01. The number of nitrogens with one attached hydrogen (secondary N) is 1. The molecule has 0 saturated carbocycles. The minimum Gasteiger partial charge on any atom is -0.335 e. The number of benzene rings is 3. The molecule has 3 rings (SSSR count). The van der Waals surface area contributed by atoms with Crippen molar-refractivity contribution in [1.82, 2.24) is 4.31 Å². The minimum atomic E-state index is -3.61. The summed E-state index contributed by atoms with van der Waals surface area (Å²) in [6.45, 7) is 13.0. The first-order valence-electron chi connectivity index (χ1n) is 12.7. The molecule has 0 spiro atoms. The van der Waals surface area contributed by atoms with Crippen LogP contribution in [-0.4, -0.2) is 38.9 Å². The third kappa shape index (κ3) is 7.14. The van der Waals surface area contributed by atoms with Crippen LogP contribution in [0.25, 0.3) is 10.8 Å². The molecule has 0 fully saturated rings. The molecule has 0 atom stereocenters. The van der Waals surface area contributed by atoms with Gasteiger partial charge in [0.1, 0.15) is 0 Å². The average Bonchev–Trinajstić information content (AvgIpc) is 2.80. The summed E-state index contributed by atoms with van der Waals surface area (Å²) < 4.78 is 29.3. The largest absolute Gasteiger partial charge is 0.335 e. The van der Waals surface area contributed by atoms with Crippen LogP contribution in [0.15, 0.2) is 65.6 Å². The van der Waals surface area contributed by atoms with Gasteiger partial charge in [0.25, 0.3) is 0 Å². The number of rotatable bonds is 13. The van der Waals surface area contributed by atoms with Crippen molar-refractivity contribution >= 4 is 20.8 Å². The zero-order valence-electron chi connectivity index (χ0n) is 21.3. The quantitative estimate of drug-likeness (QED) is 0.344. The van der Waals surface area contributed by atoms with E-state index in [4.69, 9.17) is 0 Å². The Bertz CT molecular complexity index is 1150. The van der Waals surface area contributed by atoms with Gasteiger partial charge in [0.15, 0.2) is 0 Å². The topological polar surface area (TPSA) is 41.8 Å². The van der Waals surface area contributed by atoms with Crippen molar-refractivity contribution in [3.63, 3.8) is 0 Å². The molecule has 4 nitrogen and oxygen atoms in total. The standard InChI is InChI=1S/C29H40N2O2S/c1-5-15-30(16-6-2)17-9-10-18-31(23-26-20-24(3)19-25(4)21-26)34(32,33)29-14-13-27-11-7-8-12-28(27)22-29/h7-8,11-14,19-22H,5-6,9-10,15-18,23H2,1-4H3/p+1. The van der Waals surface area contributed by atoms with Crippen molar-refractivity contribution in [3.05, 3.63) is 77.4 Å². The highest BCUT2D eigenvalue weighted by atomic mass is 32.2. The summed E-state index contributed by atoms with van der Waals surface area (Å²) in [5.41, 5.74) is 3.37. The Balaban J connectivity index is 1.82. The predicted octanol–water partition coefficient (Wildman–Crippen LogP) is 5.13. The van der Waals surface area contributed by atoms with Gasteiger partial charge in [-0.2, -0.15) is 4.31 Å². The van der Waals surface area contributed by atoms with Crippen molar-refractivity contribution in [3.8, 4) is 0 Å². The van der Waals surface area contributed by atoms with E-state index in [-0.39, 0.29) is 0 Å². The molecule has 0 aliphatic carbocycles. The minimum absolute atomic E-state index is 0.375. The molecule has 3 aromatic rings. The zero-order chi connectivity index (χ0) is 24.6. The number of sulfonamides is 1. The summed E-state index contributed by atoms with van der Waals surface area (Å²) in [5.74, 6) is 0. The van der Waals surface area contributed by atoms with Crippen molar-refractivity contribution in [2.45, 2.75) is 64.8 Å². The summed E-state index contributed by atoms with van der Waals surface area (Å²) in [6.07, 6.45) is 4.27. The molecule has 0 aliphatic heterocycles. The van der Waals surface area contributed by atoms with E-state index in [1.807, 2.05) is 36.4 Å². The molecule has 0 radical (unpaired) electrons. The van der Waals surface area contributed by atoms with Gasteiger partial charge >= 0.3 is 0 Å².